The second kappa shape index (κ2) is 5.15. The number of amides is 1. The van der Waals surface area contributed by atoms with Gasteiger partial charge in [0.1, 0.15) is 0 Å². The fourth-order valence-electron chi connectivity index (χ4n) is 2.53. The third-order valence-corrected chi connectivity index (χ3v) is 4.09. The van der Waals surface area contributed by atoms with E-state index in [1.54, 1.807) is 0 Å². The van der Waals surface area contributed by atoms with Crippen LogP contribution >= 0.6 is 0 Å². The number of aliphatic hydroxyl groups excluding tert-OH is 1. The van der Waals surface area contributed by atoms with E-state index < -0.39 is 0 Å². The van der Waals surface area contributed by atoms with Crippen LogP contribution in [0.2, 0.25) is 0 Å². The van der Waals surface area contributed by atoms with Crippen molar-refractivity contribution in [3.63, 3.8) is 0 Å². The highest BCUT2D eigenvalue weighted by atomic mass is 16.3. The molecule has 3 N–H and O–H groups in total. The standard InChI is InChI=1S/C12H22N2O2/c1-8(10-5-13-6-10)12(16)14-7-9-3-2-4-11(9)15/h8-11,13,15H,2-7H2,1H3,(H,14,16). The summed E-state index contributed by atoms with van der Waals surface area (Å²) in [6.45, 7) is 4.55. The number of rotatable bonds is 4. The Balaban J connectivity index is 1.70. The first-order valence-corrected chi connectivity index (χ1v) is 6.35. The van der Waals surface area contributed by atoms with Gasteiger partial charge in [0.2, 0.25) is 5.91 Å². The van der Waals surface area contributed by atoms with E-state index in [0.29, 0.717) is 12.5 Å². The number of aliphatic hydroxyl groups is 1. The zero-order chi connectivity index (χ0) is 11.5. The highest BCUT2D eigenvalue weighted by Gasteiger charge is 2.30. The Morgan fingerprint density at radius 1 is 1.50 bits per heavy atom. The molecule has 1 aliphatic heterocycles. The Bertz CT molecular complexity index is 253. The van der Waals surface area contributed by atoms with Crippen LogP contribution in [0.1, 0.15) is 26.2 Å². The van der Waals surface area contributed by atoms with Gasteiger partial charge in [-0.25, -0.2) is 0 Å². The first-order chi connectivity index (χ1) is 7.68. The summed E-state index contributed by atoms with van der Waals surface area (Å²) in [4.78, 5) is 11.8. The van der Waals surface area contributed by atoms with E-state index in [9.17, 15) is 9.90 Å². The topological polar surface area (TPSA) is 61.4 Å². The largest absolute Gasteiger partial charge is 0.393 e. The Labute approximate surface area is 96.8 Å². The lowest BCUT2D eigenvalue weighted by atomic mass is 9.88. The minimum Gasteiger partial charge on any atom is -0.393 e. The molecule has 0 radical (unpaired) electrons. The van der Waals surface area contributed by atoms with Crippen LogP contribution in [-0.4, -0.2) is 36.8 Å². The highest BCUT2D eigenvalue weighted by molar-refractivity contribution is 5.78. The lowest BCUT2D eigenvalue weighted by molar-refractivity contribution is -0.127. The fraction of sp³-hybridized carbons (Fsp3) is 0.917. The van der Waals surface area contributed by atoms with Crippen molar-refractivity contribution in [1.82, 2.24) is 10.6 Å². The van der Waals surface area contributed by atoms with E-state index in [1.165, 1.54) is 0 Å². The van der Waals surface area contributed by atoms with Gasteiger partial charge in [-0.15, -0.1) is 0 Å². The van der Waals surface area contributed by atoms with Crippen LogP contribution in [0.3, 0.4) is 0 Å². The van der Waals surface area contributed by atoms with Crippen molar-refractivity contribution < 1.29 is 9.90 Å². The van der Waals surface area contributed by atoms with Crippen molar-refractivity contribution in [2.45, 2.75) is 32.3 Å². The zero-order valence-electron chi connectivity index (χ0n) is 9.91. The number of hydrogen-bond donors (Lipinski definition) is 3. The second-order valence-corrected chi connectivity index (χ2v) is 5.21. The number of nitrogens with one attached hydrogen (secondary N) is 2. The molecule has 92 valence electrons. The highest BCUT2D eigenvalue weighted by Crippen LogP contribution is 2.25. The maximum Gasteiger partial charge on any atom is 0.223 e. The average Bonchev–Trinajstić information content (AvgIpc) is 2.57. The van der Waals surface area contributed by atoms with Crippen LogP contribution < -0.4 is 10.6 Å². The van der Waals surface area contributed by atoms with E-state index in [2.05, 4.69) is 10.6 Å². The lowest BCUT2D eigenvalue weighted by Gasteiger charge is -2.32. The van der Waals surface area contributed by atoms with E-state index in [-0.39, 0.29) is 23.8 Å². The third-order valence-electron chi connectivity index (χ3n) is 4.09. The van der Waals surface area contributed by atoms with E-state index in [4.69, 9.17) is 0 Å². The van der Waals surface area contributed by atoms with E-state index in [0.717, 1.165) is 32.4 Å². The summed E-state index contributed by atoms with van der Waals surface area (Å²) < 4.78 is 0. The average molecular weight is 226 g/mol. The van der Waals surface area contributed by atoms with Crippen molar-refractivity contribution in [2.24, 2.45) is 17.8 Å². The number of hydrogen-bond acceptors (Lipinski definition) is 3. The lowest BCUT2D eigenvalue weighted by Crippen LogP contribution is -2.50. The van der Waals surface area contributed by atoms with Gasteiger partial charge in [0.15, 0.2) is 0 Å². The van der Waals surface area contributed by atoms with Gasteiger partial charge in [-0.1, -0.05) is 13.3 Å². The smallest absolute Gasteiger partial charge is 0.223 e. The van der Waals surface area contributed by atoms with Gasteiger partial charge in [0, 0.05) is 18.4 Å². The predicted octanol–water partition coefficient (Wildman–Crippen LogP) is 0.119. The SMILES string of the molecule is CC(C(=O)NCC1CCCC1O)C1CNC1. The minimum atomic E-state index is -0.207. The van der Waals surface area contributed by atoms with Crippen molar-refractivity contribution in [3.05, 3.63) is 0 Å². The molecule has 0 bridgehead atoms. The van der Waals surface area contributed by atoms with Crippen LogP contribution in [0, 0.1) is 17.8 Å². The summed E-state index contributed by atoms with van der Waals surface area (Å²) in [5.41, 5.74) is 0. The molecule has 1 aliphatic carbocycles. The number of carbonyl (C=O) groups is 1. The van der Waals surface area contributed by atoms with Crippen molar-refractivity contribution >= 4 is 5.91 Å². The van der Waals surface area contributed by atoms with Gasteiger partial charge >= 0.3 is 0 Å². The Hall–Kier alpha value is -0.610. The second-order valence-electron chi connectivity index (χ2n) is 5.21. The molecule has 1 saturated carbocycles. The van der Waals surface area contributed by atoms with Gasteiger partial charge in [0.05, 0.1) is 6.10 Å². The summed E-state index contributed by atoms with van der Waals surface area (Å²) in [5, 5.41) is 15.8. The Morgan fingerprint density at radius 3 is 2.75 bits per heavy atom. The van der Waals surface area contributed by atoms with Crippen molar-refractivity contribution in [1.29, 1.82) is 0 Å². The normalized spacial score (nSPS) is 32.1. The van der Waals surface area contributed by atoms with Crippen LogP contribution in [0.5, 0.6) is 0 Å². The Kier molecular flexibility index (Phi) is 3.82. The monoisotopic (exact) mass is 226 g/mol. The molecule has 3 unspecified atom stereocenters. The molecule has 1 saturated heterocycles. The maximum absolute atomic E-state index is 11.8. The van der Waals surface area contributed by atoms with Crippen molar-refractivity contribution in [3.8, 4) is 0 Å². The molecule has 1 heterocycles. The summed E-state index contributed by atoms with van der Waals surface area (Å²) in [5.74, 6) is 1.01. The van der Waals surface area contributed by atoms with Gasteiger partial charge in [-0.3, -0.25) is 4.79 Å². The van der Waals surface area contributed by atoms with Crippen LogP contribution in [0.15, 0.2) is 0 Å². The Morgan fingerprint density at radius 2 is 2.25 bits per heavy atom. The van der Waals surface area contributed by atoms with Crippen LogP contribution in [0.25, 0.3) is 0 Å². The first kappa shape index (κ1) is 11.9. The predicted molar refractivity (Wildman–Crippen MR) is 61.9 cm³/mol. The molecule has 2 aliphatic rings. The molecule has 0 aromatic carbocycles. The summed E-state index contributed by atoms with van der Waals surface area (Å²) >= 11 is 0. The van der Waals surface area contributed by atoms with Gasteiger partial charge in [-0.2, -0.15) is 0 Å². The van der Waals surface area contributed by atoms with Crippen LogP contribution in [0.4, 0.5) is 0 Å². The molecule has 0 aromatic rings. The molecular weight excluding hydrogens is 204 g/mol. The van der Waals surface area contributed by atoms with Gasteiger partial charge in [0.25, 0.3) is 0 Å². The number of carbonyl (C=O) groups excluding carboxylic acids is 1. The first-order valence-electron chi connectivity index (χ1n) is 6.35. The summed E-state index contributed by atoms with van der Waals surface area (Å²) in [7, 11) is 0. The third kappa shape index (κ3) is 2.55. The van der Waals surface area contributed by atoms with Crippen molar-refractivity contribution in [2.75, 3.05) is 19.6 Å². The summed E-state index contributed by atoms with van der Waals surface area (Å²) in [6, 6.07) is 0. The molecule has 0 aromatic heterocycles. The van der Waals surface area contributed by atoms with Gasteiger partial charge in [-0.05, 0) is 31.8 Å². The molecule has 1 amide bonds. The van der Waals surface area contributed by atoms with E-state index in [1.807, 2.05) is 6.92 Å². The molecule has 4 nitrogen and oxygen atoms in total. The maximum atomic E-state index is 11.8. The minimum absolute atomic E-state index is 0.0970. The fourth-order valence-corrected chi connectivity index (χ4v) is 2.53. The molecule has 0 spiro atoms. The van der Waals surface area contributed by atoms with Gasteiger partial charge < -0.3 is 15.7 Å². The molecule has 3 atom stereocenters. The quantitative estimate of drug-likeness (QED) is 0.638. The van der Waals surface area contributed by atoms with E-state index >= 15 is 0 Å². The summed E-state index contributed by atoms with van der Waals surface area (Å²) in [6.07, 6.45) is 2.81. The molecule has 2 rings (SSSR count). The molecule has 4 heteroatoms. The zero-order valence-corrected chi connectivity index (χ0v) is 9.91. The van der Waals surface area contributed by atoms with Crippen LogP contribution in [-0.2, 0) is 4.79 Å². The molecule has 2 fully saturated rings. The molecule has 16 heavy (non-hydrogen) atoms. The molecular formula is C12H22N2O2.